The van der Waals surface area contributed by atoms with Gasteiger partial charge in [0.1, 0.15) is 12.3 Å². The summed E-state index contributed by atoms with van der Waals surface area (Å²) >= 11 is 0. The average Bonchev–Trinajstić information content (AvgIpc) is 2.54. The standard InChI is InChI=1S/C17H16N2O2/c18-11-12-19-17(20)10-13-21-16-9-5-4-8-15(16)14-6-2-1-3-7-14/h1-9H,10,12-13H2,(H,19,20). The first-order valence-corrected chi connectivity index (χ1v) is 6.72. The molecule has 0 fully saturated rings. The molecule has 0 spiro atoms. The summed E-state index contributed by atoms with van der Waals surface area (Å²) in [5.74, 6) is 0.561. The van der Waals surface area contributed by atoms with Crippen molar-refractivity contribution in [2.45, 2.75) is 6.42 Å². The third-order valence-corrected chi connectivity index (χ3v) is 2.92. The number of benzene rings is 2. The lowest BCUT2D eigenvalue weighted by Gasteiger charge is -2.11. The number of rotatable bonds is 6. The van der Waals surface area contributed by atoms with E-state index in [1.54, 1.807) is 0 Å². The normalized spacial score (nSPS) is 9.67. The van der Waals surface area contributed by atoms with Gasteiger partial charge in [-0.1, -0.05) is 48.5 Å². The van der Waals surface area contributed by atoms with Crippen molar-refractivity contribution < 1.29 is 9.53 Å². The predicted molar refractivity (Wildman–Crippen MR) is 80.6 cm³/mol. The highest BCUT2D eigenvalue weighted by molar-refractivity contribution is 5.76. The zero-order chi connectivity index (χ0) is 14.9. The minimum Gasteiger partial charge on any atom is -0.492 e. The first-order valence-electron chi connectivity index (χ1n) is 6.72. The molecule has 0 aliphatic heterocycles. The van der Waals surface area contributed by atoms with E-state index in [2.05, 4.69) is 5.32 Å². The van der Waals surface area contributed by atoms with Crippen molar-refractivity contribution in [3.05, 3.63) is 54.6 Å². The highest BCUT2D eigenvalue weighted by atomic mass is 16.5. The van der Waals surface area contributed by atoms with E-state index in [9.17, 15) is 4.79 Å². The minimum atomic E-state index is -0.186. The van der Waals surface area contributed by atoms with E-state index in [-0.39, 0.29) is 25.5 Å². The Balaban J connectivity index is 1.98. The number of carbonyl (C=O) groups excluding carboxylic acids is 1. The van der Waals surface area contributed by atoms with Gasteiger partial charge in [-0.3, -0.25) is 4.79 Å². The number of hydrogen-bond acceptors (Lipinski definition) is 3. The topological polar surface area (TPSA) is 62.1 Å². The Kier molecular flexibility index (Phi) is 5.36. The van der Waals surface area contributed by atoms with E-state index < -0.39 is 0 Å². The molecule has 0 aliphatic carbocycles. The van der Waals surface area contributed by atoms with Gasteiger partial charge >= 0.3 is 0 Å². The summed E-state index contributed by atoms with van der Waals surface area (Å²) in [7, 11) is 0. The second-order valence-electron chi connectivity index (χ2n) is 4.40. The number of nitrogens with zero attached hydrogens (tertiary/aromatic N) is 1. The number of amides is 1. The largest absolute Gasteiger partial charge is 0.492 e. The molecule has 0 saturated heterocycles. The second-order valence-corrected chi connectivity index (χ2v) is 4.40. The van der Waals surface area contributed by atoms with Crippen molar-refractivity contribution in [2.75, 3.05) is 13.2 Å². The van der Waals surface area contributed by atoms with Crippen LogP contribution in [-0.4, -0.2) is 19.1 Å². The molecule has 1 N–H and O–H groups in total. The Hall–Kier alpha value is -2.80. The summed E-state index contributed by atoms with van der Waals surface area (Å²) < 4.78 is 5.70. The van der Waals surface area contributed by atoms with Crippen molar-refractivity contribution in [3.8, 4) is 22.9 Å². The molecule has 2 rings (SSSR count). The van der Waals surface area contributed by atoms with Crippen molar-refractivity contribution in [1.82, 2.24) is 5.32 Å². The molecule has 0 heterocycles. The van der Waals surface area contributed by atoms with Gasteiger partial charge in [-0.25, -0.2) is 0 Å². The molecule has 2 aromatic rings. The van der Waals surface area contributed by atoms with Gasteiger partial charge in [0.25, 0.3) is 0 Å². The summed E-state index contributed by atoms with van der Waals surface area (Å²) in [5.41, 5.74) is 2.07. The number of nitriles is 1. The second kappa shape index (κ2) is 7.71. The summed E-state index contributed by atoms with van der Waals surface area (Å²) in [4.78, 5) is 11.4. The summed E-state index contributed by atoms with van der Waals surface area (Å²) in [6.45, 7) is 0.306. The van der Waals surface area contributed by atoms with Gasteiger partial charge in [0.15, 0.2) is 0 Å². The Bertz CT molecular complexity index is 633. The van der Waals surface area contributed by atoms with Gasteiger partial charge in [0.2, 0.25) is 5.91 Å². The number of ether oxygens (including phenoxy) is 1. The molecule has 4 nitrogen and oxygen atoms in total. The van der Waals surface area contributed by atoms with E-state index in [0.29, 0.717) is 0 Å². The highest BCUT2D eigenvalue weighted by Crippen LogP contribution is 2.29. The smallest absolute Gasteiger partial charge is 0.224 e. The maximum absolute atomic E-state index is 11.4. The third kappa shape index (κ3) is 4.36. The zero-order valence-electron chi connectivity index (χ0n) is 11.6. The molecule has 0 aliphatic rings. The van der Waals surface area contributed by atoms with Crippen LogP contribution in [0.1, 0.15) is 6.42 Å². The molecule has 0 unspecified atom stereocenters. The van der Waals surface area contributed by atoms with Crippen LogP contribution in [-0.2, 0) is 4.79 Å². The van der Waals surface area contributed by atoms with Crippen LogP contribution < -0.4 is 10.1 Å². The fourth-order valence-corrected chi connectivity index (χ4v) is 1.93. The Labute approximate surface area is 124 Å². The number of carbonyl (C=O) groups is 1. The van der Waals surface area contributed by atoms with Gasteiger partial charge in [-0.2, -0.15) is 5.26 Å². The van der Waals surface area contributed by atoms with Gasteiger partial charge in [-0.15, -0.1) is 0 Å². The van der Waals surface area contributed by atoms with Crippen LogP contribution in [0.2, 0.25) is 0 Å². The van der Waals surface area contributed by atoms with Crippen LogP contribution in [0.4, 0.5) is 0 Å². The maximum Gasteiger partial charge on any atom is 0.224 e. The Morgan fingerprint density at radius 1 is 1.10 bits per heavy atom. The van der Waals surface area contributed by atoms with E-state index in [4.69, 9.17) is 10.00 Å². The SMILES string of the molecule is N#CCNC(=O)CCOc1ccccc1-c1ccccc1. The zero-order valence-corrected chi connectivity index (χ0v) is 11.6. The molecule has 106 valence electrons. The van der Waals surface area contributed by atoms with Gasteiger partial charge in [-0.05, 0) is 11.6 Å². The molecule has 0 atom stereocenters. The minimum absolute atomic E-state index is 0.0272. The lowest BCUT2D eigenvalue weighted by molar-refractivity contribution is -0.121. The third-order valence-electron chi connectivity index (χ3n) is 2.92. The monoisotopic (exact) mass is 280 g/mol. The van der Waals surface area contributed by atoms with Crippen molar-refractivity contribution in [2.24, 2.45) is 0 Å². The lowest BCUT2D eigenvalue weighted by atomic mass is 10.1. The molecule has 21 heavy (non-hydrogen) atoms. The number of nitrogens with one attached hydrogen (secondary N) is 1. The quantitative estimate of drug-likeness (QED) is 0.828. The van der Waals surface area contributed by atoms with Crippen LogP contribution in [0.25, 0.3) is 11.1 Å². The van der Waals surface area contributed by atoms with E-state index in [1.165, 1.54) is 0 Å². The van der Waals surface area contributed by atoms with Crippen LogP contribution in [0, 0.1) is 11.3 Å². The fourth-order valence-electron chi connectivity index (χ4n) is 1.93. The predicted octanol–water partition coefficient (Wildman–Crippen LogP) is 2.76. The van der Waals surface area contributed by atoms with Gasteiger partial charge < -0.3 is 10.1 Å². The van der Waals surface area contributed by atoms with Crippen LogP contribution in [0.5, 0.6) is 5.75 Å². The first-order chi connectivity index (χ1) is 10.3. The molecular weight excluding hydrogens is 264 g/mol. The Morgan fingerprint density at radius 3 is 2.57 bits per heavy atom. The molecule has 0 aromatic heterocycles. The molecule has 2 aromatic carbocycles. The molecule has 4 heteroatoms. The van der Waals surface area contributed by atoms with Crippen LogP contribution in [0.3, 0.4) is 0 Å². The van der Waals surface area contributed by atoms with Crippen molar-refractivity contribution in [3.63, 3.8) is 0 Å². The fraction of sp³-hybridized carbons (Fsp3) is 0.176. The molecule has 0 saturated carbocycles. The first kappa shape index (κ1) is 14.6. The lowest BCUT2D eigenvalue weighted by Crippen LogP contribution is -2.25. The molecule has 0 bridgehead atoms. The summed E-state index contributed by atoms with van der Waals surface area (Å²) in [5, 5.41) is 10.9. The summed E-state index contributed by atoms with van der Waals surface area (Å²) in [6.07, 6.45) is 0.227. The number of hydrogen-bond donors (Lipinski definition) is 1. The van der Waals surface area contributed by atoms with E-state index >= 15 is 0 Å². The number of para-hydroxylation sites is 1. The molecule has 0 radical (unpaired) electrons. The van der Waals surface area contributed by atoms with E-state index in [1.807, 2.05) is 60.7 Å². The van der Waals surface area contributed by atoms with Crippen molar-refractivity contribution in [1.29, 1.82) is 5.26 Å². The maximum atomic E-state index is 11.4. The molecule has 1 amide bonds. The van der Waals surface area contributed by atoms with E-state index in [0.717, 1.165) is 16.9 Å². The Morgan fingerprint density at radius 2 is 1.81 bits per heavy atom. The van der Waals surface area contributed by atoms with Gasteiger partial charge in [0.05, 0.1) is 19.1 Å². The van der Waals surface area contributed by atoms with Crippen LogP contribution >= 0.6 is 0 Å². The van der Waals surface area contributed by atoms with Gasteiger partial charge in [0, 0.05) is 5.56 Å². The van der Waals surface area contributed by atoms with Crippen LogP contribution in [0.15, 0.2) is 54.6 Å². The molecular formula is C17H16N2O2. The highest BCUT2D eigenvalue weighted by Gasteiger charge is 2.06. The average molecular weight is 280 g/mol. The van der Waals surface area contributed by atoms with Crippen molar-refractivity contribution >= 4 is 5.91 Å². The summed E-state index contributed by atoms with van der Waals surface area (Å²) in [6, 6.07) is 19.5.